The van der Waals surface area contributed by atoms with Gasteiger partial charge in [0.2, 0.25) is 5.89 Å². The van der Waals surface area contributed by atoms with E-state index in [0.29, 0.717) is 36.0 Å². The SMILES string of the molecule is c1ccc(C[C@H]2CCC[C@H]2NCc2nnc(-c3ccco3)o2)cc1. The van der Waals surface area contributed by atoms with Crippen molar-refractivity contribution in [2.45, 2.75) is 38.3 Å². The number of nitrogens with one attached hydrogen (secondary N) is 1. The molecule has 0 spiro atoms. The van der Waals surface area contributed by atoms with Crippen LogP contribution in [-0.2, 0) is 13.0 Å². The molecule has 2 atom stereocenters. The normalized spacial score (nSPS) is 20.5. The Labute approximate surface area is 141 Å². The van der Waals surface area contributed by atoms with Gasteiger partial charge in [0.1, 0.15) is 0 Å². The lowest BCUT2D eigenvalue weighted by molar-refractivity contribution is 0.370. The smallest absolute Gasteiger partial charge is 0.283 e. The fourth-order valence-electron chi connectivity index (χ4n) is 3.51. The van der Waals surface area contributed by atoms with Crippen LogP contribution in [0.15, 0.2) is 57.6 Å². The van der Waals surface area contributed by atoms with Gasteiger partial charge in [0.05, 0.1) is 12.8 Å². The van der Waals surface area contributed by atoms with Crippen molar-refractivity contribution < 1.29 is 8.83 Å². The van der Waals surface area contributed by atoms with Crippen LogP contribution < -0.4 is 5.32 Å². The Balaban J connectivity index is 1.35. The number of nitrogens with zero attached hydrogens (tertiary/aromatic N) is 2. The minimum absolute atomic E-state index is 0.434. The molecule has 1 aliphatic rings. The van der Waals surface area contributed by atoms with Gasteiger partial charge < -0.3 is 14.2 Å². The van der Waals surface area contributed by atoms with Gasteiger partial charge in [-0.3, -0.25) is 0 Å². The van der Waals surface area contributed by atoms with Crippen LogP contribution >= 0.6 is 0 Å². The Morgan fingerprint density at radius 1 is 1.04 bits per heavy atom. The third-order valence-electron chi connectivity index (χ3n) is 4.71. The number of hydrogen-bond acceptors (Lipinski definition) is 5. The summed E-state index contributed by atoms with van der Waals surface area (Å²) in [4.78, 5) is 0. The highest BCUT2D eigenvalue weighted by Crippen LogP contribution is 2.29. The van der Waals surface area contributed by atoms with Gasteiger partial charge in [-0.15, -0.1) is 10.2 Å². The predicted octanol–water partition coefficient (Wildman–Crippen LogP) is 3.83. The summed E-state index contributed by atoms with van der Waals surface area (Å²) in [6.45, 7) is 0.601. The second-order valence-corrected chi connectivity index (χ2v) is 6.35. The van der Waals surface area contributed by atoms with Gasteiger partial charge >= 0.3 is 0 Å². The second-order valence-electron chi connectivity index (χ2n) is 6.35. The van der Waals surface area contributed by atoms with E-state index in [9.17, 15) is 0 Å². The standard InChI is InChI=1S/C19H21N3O2/c1-2-6-14(7-3-1)12-15-8-4-9-16(15)20-13-18-21-22-19(24-18)17-10-5-11-23-17/h1-3,5-7,10-11,15-16,20H,4,8-9,12-13H2/t15-,16-/m1/s1. The molecule has 0 bridgehead atoms. The number of furan rings is 1. The van der Waals surface area contributed by atoms with E-state index in [1.807, 2.05) is 12.1 Å². The summed E-state index contributed by atoms with van der Waals surface area (Å²) >= 11 is 0. The highest BCUT2D eigenvalue weighted by Gasteiger charge is 2.27. The molecule has 0 saturated heterocycles. The molecule has 0 unspecified atom stereocenters. The van der Waals surface area contributed by atoms with Crippen LogP contribution in [0.4, 0.5) is 0 Å². The lowest BCUT2D eigenvalue weighted by Gasteiger charge is -2.20. The van der Waals surface area contributed by atoms with Gasteiger partial charge in [-0.05, 0) is 42.9 Å². The van der Waals surface area contributed by atoms with Crippen molar-refractivity contribution in [1.29, 1.82) is 0 Å². The van der Waals surface area contributed by atoms with Gasteiger partial charge in [0.25, 0.3) is 5.89 Å². The lowest BCUT2D eigenvalue weighted by atomic mass is 9.94. The maximum atomic E-state index is 5.66. The Morgan fingerprint density at radius 2 is 1.96 bits per heavy atom. The van der Waals surface area contributed by atoms with E-state index < -0.39 is 0 Å². The third-order valence-corrected chi connectivity index (χ3v) is 4.71. The Hall–Kier alpha value is -2.40. The van der Waals surface area contributed by atoms with Gasteiger partial charge in [-0.25, -0.2) is 0 Å². The summed E-state index contributed by atoms with van der Waals surface area (Å²) in [5.74, 6) is 2.31. The van der Waals surface area contributed by atoms with Crippen LogP contribution in [0.2, 0.25) is 0 Å². The van der Waals surface area contributed by atoms with Crippen LogP contribution in [0.1, 0.15) is 30.7 Å². The topological polar surface area (TPSA) is 64.1 Å². The third kappa shape index (κ3) is 3.41. The first-order valence-electron chi connectivity index (χ1n) is 8.52. The molecule has 0 amide bonds. The fraction of sp³-hybridized carbons (Fsp3) is 0.368. The van der Waals surface area contributed by atoms with Crippen LogP contribution in [0.25, 0.3) is 11.7 Å². The van der Waals surface area contributed by atoms with Gasteiger partial charge in [0.15, 0.2) is 5.76 Å². The van der Waals surface area contributed by atoms with E-state index in [0.717, 1.165) is 6.42 Å². The molecule has 3 aromatic rings. The lowest BCUT2D eigenvalue weighted by Crippen LogP contribution is -2.33. The average molecular weight is 323 g/mol. The Morgan fingerprint density at radius 3 is 2.79 bits per heavy atom. The zero-order valence-corrected chi connectivity index (χ0v) is 13.5. The van der Waals surface area contributed by atoms with Crippen molar-refractivity contribution in [2.75, 3.05) is 0 Å². The molecule has 0 aliphatic heterocycles. The molecule has 1 fully saturated rings. The van der Waals surface area contributed by atoms with Crippen molar-refractivity contribution in [3.05, 3.63) is 60.2 Å². The van der Waals surface area contributed by atoms with Crippen molar-refractivity contribution >= 4 is 0 Å². The largest absolute Gasteiger partial charge is 0.459 e. The van der Waals surface area contributed by atoms with Crippen LogP contribution in [0.5, 0.6) is 0 Å². The zero-order valence-electron chi connectivity index (χ0n) is 13.5. The monoisotopic (exact) mass is 323 g/mol. The minimum Gasteiger partial charge on any atom is -0.459 e. The number of benzene rings is 1. The van der Waals surface area contributed by atoms with Crippen LogP contribution in [0, 0.1) is 5.92 Å². The summed E-state index contributed by atoms with van der Waals surface area (Å²) in [6.07, 6.45) is 6.48. The molecule has 2 aromatic heterocycles. The molecule has 1 aliphatic carbocycles. The molecular formula is C19H21N3O2. The molecular weight excluding hydrogens is 302 g/mol. The van der Waals surface area contributed by atoms with E-state index in [2.05, 4.69) is 45.8 Å². The molecule has 5 heteroatoms. The first kappa shape index (κ1) is 15.1. The van der Waals surface area contributed by atoms with E-state index in [-0.39, 0.29) is 0 Å². The van der Waals surface area contributed by atoms with Crippen molar-refractivity contribution in [3.63, 3.8) is 0 Å². The first-order valence-corrected chi connectivity index (χ1v) is 8.52. The summed E-state index contributed by atoms with van der Waals surface area (Å²) < 4.78 is 10.9. The predicted molar refractivity (Wildman–Crippen MR) is 90.1 cm³/mol. The molecule has 4 rings (SSSR count). The van der Waals surface area contributed by atoms with Crippen LogP contribution in [0.3, 0.4) is 0 Å². The number of hydrogen-bond donors (Lipinski definition) is 1. The molecule has 1 aromatic carbocycles. The summed E-state index contributed by atoms with van der Waals surface area (Å²) in [5, 5.41) is 11.7. The highest BCUT2D eigenvalue weighted by atomic mass is 16.4. The highest BCUT2D eigenvalue weighted by molar-refractivity contribution is 5.42. The van der Waals surface area contributed by atoms with E-state index >= 15 is 0 Å². The molecule has 5 nitrogen and oxygen atoms in total. The van der Waals surface area contributed by atoms with E-state index in [1.54, 1.807) is 6.26 Å². The van der Waals surface area contributed by atoms with Crippen molar-refractivity contribution in [1.82, 2.24) is 15.5 Å². The molecule has 124 valence electrons. The summed E-state index contributed by atoms with van der Waals surface area (Å²) in [6, 6.07) is 14.8. The molecule has 24 heavy (non-hydrogen) atoms. The fourth-order valence-corrected chi connectivity index (χ4v) is 3.51. The summed E-state index contributed by atoms with van der Waals surface area (Å²) in [5.41, 5.74) is 1.41. The molecule has 1 saturated carbocycles. The van der Waals surface area contributed by atoms with E-state index in [1.165, 1.54) is 24.8 Å². The first-order chi connectivity index (χ1) is 11.9. The maximum absolute atomic E-state index is 5.66. The molecule has 0 radical (unpaired) electrons. The maximum Gasteiger partial charge on any atom is 0.283 e. The quantitative estimate of drug-likeness (QED) is 0.747. The summed E-state index contributed by atoms with van der Waals surface area (Å²) in [7, 11) is 0. The Bertz CT molecular complexity index is 752. The van der Waals surface area contributed by atoms with Gasteiger partial charge in [-0.2, -0.15) is 0 Å². The number of aromatic nitrogens is 2. The molecule has 1 N–H and O–H groups in total. The number of rotatable bonds is 6. The van der Waals surface area contributed by atoms with E-state index in [4.69, 9.17) is 8.83 Å². The molecule has 2 heterocycles. The van der Waals surface area contributed by atoms with Crippen LogP contribution in [-0.4, -0.2) is 16.2 Å². The van der Waals surface area contributed by atoms with Crippen molar-refractivity contribution in [3.8, 4) is 11.7 Å². The van der Waals surface area contributed by atoms with Gasteiger partial charge in [0, 0.05) is 6.04 Å². The van der Waals surface area contributed by atoms with Gasteiger partial charge in [-0.1, -0.05) is 36.8 Å². The zero-order chi connectivity index (χ0) is 16.2. The van der Waals surface area contributed by atoms with Crippen molar-refractivity contribution in [2.24, 2.45) is 5.92 Å². The minimum atomic E-state index is 0.434. The Kier molecular flexibility index (Phi) is 4.42. The average Bonchev–Trinajstić information content (AvgIpc) is 3.36. The second kappa shape index (κ2) is 7.01.